The van der Waals surface area contributed by atoms with Gasteiger partial charge in [0.25, 0.3) is 0 Å². The maximum Gasteiger partial charge on any atom is 0.179 e. The Balaban J connectivity index is 1.46. The molecule has 0 amide bonds. The predicted molar refractivity (Wildman–Crippen MR) is 86.9 cm³/mol. The van der Waals surface area contributed by atoms with Gasteiger partial charge in [-0.2, -0.15) is 5.26 Å². The standard InChI is InChI=1S/C16H22N4OS/c17-13-19-9-8-16(12-19)18-22(21)20-10-6-15(7-11-20)14-4-2-1-3-5-14/h1-5,15-16,18H,6-12H2. The summed E-state index contributed by atoms with van der Waals surface area (Å²) >= 11 is -1.14. The van der Waals surface area contributed by atoms with Crippen LogP contribution in [0, 0.1) is 11.5 Å². The first-order valence-electron chi connectivity index (χ1n) is 7.89. The zero-order chi connectivity index (χ0) is 15.4. The lowest BCUT2D eigenvalue weighted by atomic mass is 9.90. The minimum atomic E-state index is -1.14. The first-order valence-corrected chi connectivity index (χ1v) is 8.99. The van der Waals surface area contributed by atoms with Crippen LogP contribution in [0.5, 0.6) is 0 Å². The van der Waals surface area contributed by atoms with Gasteiger partial charge in [-0.15, -0.1) is 9.03 Å². The van der Waals surface area contributed by atoms with Gasteiger partial charge in [-0.05, 0) is 30.7 Å². The van der Waals surface area contributed by atoms with Gasteiger partial charge in [-0.3, -0.25) is 0 Å². The largest absolute Gasteiger partial charge is 0.579 e. The van der Waals surface area contributed by atoms with Crippen LogP contribution < -0.4 is 4.72 Å². The average Bonchev–Trinajstić information content (AvgIpc) is 3.03. The lowest BCUT2D eigenvalue weighted by Gasteiger charge is -2.32. The third-order valence-corrected chi connectivity index (χ3v) is 5.93. The number of benzene rings is 1. The summed E-state index contributed by atoms with van der Waals surface area (Å²) in [5.74, 6) is 0.579. The molecule has 0 saturated carbocycles. The molecule has 2 atom stereocenters. The van der Waals surface area contributed by atoms with Crippen molar-refractivity contribution in [1.29, 1.82) is 5.26 Å². The van der Waals surface area contributed by atoms with Crippen molar-refractivity contribution in [2.24, 2.45) is 0 Å². The first-order chi connectivity index (χ1) is 10.8. The SMILES string of the molecule is N#CN1CCC(N[S+]([O-])N2CCC(c3ccccc3)CC2)C1. The molecule has 2 aliphatic heterocycles. The second-order valence-corrected chi connectivity index (χ2v) is 7.26. The maximum atomic E-state index is 12.4. The lowest BCUT2D eigenvalue weighted by molar-refractivity contribution is 0.313. The van der Waals surface area contributed by atoms with E-state index in [2.05, 4.69) is 35.2 Å². The smallest absolute Gasteiger partial charge is 0.179 e. The van der Waals surface area contributed by atoms with Crippen molar-refractivity contribution < 1.29 is 4.55 Å². The minimum absolute atomic E-state index is 0.160. The van der Waals surface area contributed by atoms with Gasteiger partial charge in [0.1, 0.15) is 11.5 Å². The molecule has 118 valence electrons. The van der Waals surface area contributed by atoms with Crippen LogP contribution in [0.25, 0.3) is 0 Å². The van der Waals surface area contributed by atoms with Gasteiger partial charge in [-0.25, -0.2) is 0 Å². The highest BCUT2D eigenvalue weighted by Crippen LogP contribution is 2.28. The number of hydrogen-bond acceptors (Lipinski definition) is 5. The van der Waals surface area contributed by atoms with Crippen molar-refractivity contribution in [2.45, 2.75) is 31.2 Å². The molecule has 0 spiro atoms. The van der Waals surface area contributed by atoms with E-state index in [0.717, 1.165) is 38.9 Å². The molecule has 6 heteroatoms. The Kier molecular flexibility index (Phi) is 5.21. The summed E-state index contributed by atoms with van der Waals surface area (Å²) < 4.78 is 17.6. The van der Waals surface area contributed by atoms with E-state index in [1.165, 1.54) is 5.56 Å². The van der Waals surface area contributed by atoms with Gasteiger partial charge in [0.05, 0.1) is 6.04 Å². The average molecular weight is 318 g/mol. The van der Waals surface area contributed by atoms with Crippen LogP contribution in [-0.2, 0) is 11.5 Å². The molecule has 2 fully saturated rings. The molecule has 2 heterocycles. The van der Waals surface area contributed by atoms with Crippen LogP contribution in [0.15, 0.2) is 30.3 Å². The van der Waals surface area contributed by atoms with Crippen LogP contribution in [0.4, 0.5) is 0 Å². The Morgan fingerprint density at radius 1 is 1.14 bits per heavy atom. The number of hydrogen-bond donors (Lipinski definition) is 1. The third kappa shape index (κ3) is 3.73. The van der Waals surface area contributed by atoms with Gasteiger partial charge in [0, 0.05) is 26.2 Å². The molecule has 22 heavy (non-hydrogen) atoms. The van der Waals surface area contributed by atoms with Crippen molar-refractivity contribution >= 4 is 11.5 Å². The molecule has 3 rings (SSSR count). The Morgan fingerprint density at radius 3 is 2.50 bits per heavy atom. The van der Waals surface area contributed by atoms with E-state index < -0.39 is 11.5 Å². The number of nitrogens with one attached hydrogen (secondary N) is 1. The second-order valence-electron chi connectivity index (χ2n) is 6.01. The molecular formula is C16H22N4OS. The molecule has 2 aliphatic rings. The van der Waals surface area contributed by atoms with E-state index in [0.29, 0.717) is 12.5 Å². The fourth-order valence-electron chi connectivity index (χ4n) is 3.24. The molecule has 0 aliphatic carbocycles. The summed E-state index contributed by atoms with van der Waals surface area (Å²) in [6.07, 6.45) is 5.14. The Hall–Kier alpha value is -1.26. The molecule has 1 aromatic carbocycles. The molecule has 1 N–H and O–H groups in total. The lowest BCUT2D eigenvalue weighted by Crippen LogP contribution is -2.48. The molecule has 0 aromatic heterocycles. The number of likely N-dealkylation sites (tertiary alicyclic amines) is 1. The molecule has 5 nitrogen and oxygen atoms in total. The van der Waals surface area contributed by atoms with Crippen LogP contribution in [0.2, 0.25) is 0 Å². The normalized spacial score (nSPS) is 25.1. The van der Waals surface area contributed by atoms with E-state index in [1.54, 1.807) is 4.90 Å². The van der Waals surface area contributed by atoms with Gasteiger partial charge in [0.2, 0.25) is 0 Å². The molecular weight excluding hydrogens is 296 g/mol. The second kappa shape index (κ2) is 7.34. The fraction of sp³-hybridized carbons (Fsp3) is 0.562. The fourth-order valence-corrected chi connectivity index (χ4v) is 4.41. The van der Waals surface area contributed by atoms with Gasteiger partial charge in [-0.1, -0.05) is 30.3 Å². The molecule has 0 bridgehead atoms. The molecule has 0 radical (unpaired) electrons. The summed E-state index contributed by atoms with van der Waals surface area (Å²) in [5.41, 5.74) is 1.39. The Labute approximate surface area is 135 Å². The summed E-state index contributed by atoms with van der Waals surface area (Å²) in [4.78, 5) is 1.72. The first kappa shape index (κ1) is 15.6. The van der Waals surface area contributed by atoms with Crippen LogP contribution in [0.1, 0.15) is 30.7 Å². The minimum Gasteiger partial charge on any atom is -0.579 e. The van der Waals surface area contributed by atoms with Crippen molar-refractivity contribution in [1.82, 2.24) is 13.9 Å². The quantitative estimate of drug-likeness (QED) is 0.674. The van der Waals surface area contributed by atoms with Crippen molar-refractivity contribution in [3.05, 3.63) is 35.9 Å². The summed E-state index contributed by atoms with van der Waals surface area (Å²) in [5, 5.41) is 8.87. The third-order valence-electron chi connectivity index (χ3n) is 4.56. The molecule has 2 unspecified atom stereocenters. The van der Waals surface area contributed by atoms with Gasteiger partial charge >= 0.3 is 0 Å². The number of nitriles is 1. The van der Waals surface area contributed by atoms with Crippen LogP contribution in [0.3, 0.4) is 0 Å². The highest BCUT2D eigenvalue weighted by atomic mass is 32.2. The Bertz CT molecular complexity index is 513. The number of nitrogens with zero attached hydrogens (tertiary/aromatic N) is 3. The van der Waals surface area contributed by atoms with E-state index >= 15 is 0 Å². The number of rotatable bonds is 4. The predicted octanol–water partition coefficient (Wildman–Crippen LogP) is 1.59. The summed E-state index contributed by atoms with van der Waals surface area (Å²) in [7, 11) is 0. The summed E-state index contributed by atoms with van der Waals surface area (Å²) in [6.45, 7) is 3.14. The molecule has 1 aromatic rings. The van der Waals surface area contributed by atoms with Crippen molar-refractivity contribution in [3.8, 4) is 6.19 Å². The Morgan fingerprint density at radius 2 is 1.86 bits per heavy atom. The van der Waals surface area contributed by atoms with Crippen LogP contribution in [-0.4, -0.2) is 46.0 Å². The van der Waals surface area contributed by atoms with E-state index in [9.17, 15) is 4.55 Å². The number of piperidine rings is 1. The monoisotopic (exact) mass is 318 g/mol. The maximum absolute atomic E-state index is 12.4. The zero-order valence-electron chi connectivity index (χ0n) is 12.6. The van der Waals surface area contributed by atoms with Gasteiger partial charge in [0.15, 0.2) is 6.19 Å². The summed E-state index contributed by atoms with van der Waals surface area (Å²) in [6, 6.07) is 10.7. The van der Waals surface area contributed by atoms with E-state index in [-0.39, 0.29) is 6.04 Å². The topological polar surface area (TPSA) is 65.4 Å². The van der Waals surface area contributed by atoms with Gasteiger partial charge < -0.3 is 9.45 Å². The van der Waals surface area contributed by atoms with E-state index in [4.69, 9.17) is 5.26 Å². The highest BCUT2D eigenvalue weighted by molar-refractivity contribution is 7.87. The molecule has 2 saturated heterocycles. The highest BCUT2D eigenvalue weighted by Gasteiger charge is 2.32. The van der Waals surface area contributed by atoms with E-state index in [1.807, 2.05) is 10.4 Å². The van der Waals surface area contributed by atoms with Crippen LogP contribution >= 0.6 is 0 Å². The van der Waals surface area contributed by atoms with Crippen molar-refractivity contribution in [3.63, 3.8) is 0 Å². The van der Waals surface area contributed by atoms with Crippen molar-refractivity contribution in [2.75, 3.05) is 26.2 Å². The zero-order valence-corrected chi connectivity index (χ0v) is 13.5.